The third kappa shape index (κ3) is 5.45. The third-order valence-electron chi connectivity index (χ3n) is 5.11. The Kier molecular flexibility index (Phi) is 6.89. The molecule has 8 heteroatoms. The number of hydrogen-bond donors (Lipinski definition) is 1. The molecule has 0 radical (unpaired) electrons. The van der Waals surface area contributed by atoms with Crippen LogP contribution in [-0.4, -0.2) is 52.7 Å². The first kappa shape index (κ1) is 21.4. The van der Waals surface area contributed by atoms with Gasteiger partial charge in [0.15, 0.2) is 5.16 Å². The van der Waals surface area contributed by atoms with E-state index >= 15 is 0 Å². The van der Waals surface area contributed by atoms with Crippen LogP contribution in [0.15, 0.2) is 53.7 Å². The number of morpholine rings is 1. The predicted molar refractivity (Wildman–Crippen MR) is 123 cm³/mol. The Labute approximate surface area is 186 Å². The summed E-state index contributed by atoms with van der Waals surface area (Å²) in [5.41, 5.74) is 4.44. The van der Waals surface area contributed by atoms with E-state index in [1.165, 1.54) is 17.3 Å². The summed E-state index contributed by atoms with van der Waals surface area (Å²) in [7, 11) is 0. The van der Waals surface area contributed by atoms with Crippen molar-refractivity contribution in [3.63, 3.8) is 0 Å². The molecule has 2 aromatic carbocycles. The van der Waals surface area contributed by atoms with E-state index in [1.807, 2.05) is 41.0 Å². The van der Waals surface area contributed by atoms with E-state index in [0.29, 0.717) is 24.9 Å². The van der Waals surface area contributed by atoms with Gasteiger partial charge in [-0.15, -0.1) is 10.2 Å². The van der Waals surface area contributed by atoms with Crippen molar-refractivity contribution in [2.45, 2.75) is 25.5 Å². The summed E-state index contributed by atoms with van der Waals surface area (Å²) in [4.78, 5) is 14.6. The highest BCUT2D eigenvalue weighted by Crippen LogP contribution is 2.27. The van der Waals surface area contributed by atoms with Gasteiger partial charge in [-0.3, -0.25) is 9.36 Å². The van der Waals surface area contributed by atoms with Crippen LogP contribution in [0.2, 0.25) is 0 Å². The van der Waals surface area contributed by atoms with Gasteiger partial charge in [0.25, 0.3) is 0 Å². The molecule has 0 saturated carbocycles. The molecule has 1 aliphatic rings. The Morgan fingerprint density at radius 2 is 1.84 bits per heavy atom. The lowest BCUT2D eigenvalue weighted by atomic mass is 10.1. The first-order valence-electron chi connectivity index (χ1n) is 10.4. The van der Waals surface area contributed by atoms with Gasteiger partial charge in [0.2, 0.25) is 11.9 Å². The number of aromatic nitrogens is 3. The van der Waals surface area contributed by atoms with Crippen LogP contribution in [-0.2, 0) is 16.1 Å². The van der Waals surface area contributed by atoms with E-state index in [0.717, 1.165) is 35.9 Å². The molecule has 0 spiro atoms. The zero-order valence-corrected chi connectivity index (χ0v) is 18.7. The molecule has 0 bridgehead atoms. The first-order chi connectivity index (χ1) is 15.1. The highest BCUT2D eigenvalue weighted by molar-refractivity contribution is 7.99. The maximum atomic E-state index is 12.5. The predicted octanol–water partition coefficient (Wildman–Crippen LogP) is 3.13. The number of carbonyl (C=O) groups is 1. The minimum atomic E-state index is -0.0303. The third-order valence-corrected chi connectivity index (χ3v) is 6.04. The fraction of sp³-hybridized carbons (Fsp3) is 0.348. The fourth-order valence-electron chi connectivity index (χ4n) is 3.40. The Hall–Kier alpha value is -2.84. The average Bonchev–Trinajstić information content (AvgIpc) is 3.22. The molecule has 1 N–H and O–H groups in total. The lowest BCUT2D eigenvalue weighted by molar-refractivity contribution is -0.118. The monoisotopic (exact) mass is 437 g/mol. The van der Waals surface area contributed by atoms with E-state index in [4.69, 9.17) is 4.74 Å². The minimum absolute atomic E-state index is 0.0303. The second-order valence-electron chi connectivity index (χ2n) is 7.61. The molecule has 1 aromatic heterocycles. The van der Waals surface area contributed by atoms with Crippen molar-refractivity contribution in [1.29, 1.82) is 0 Å². The molecule has 1 amide bonds. The van der Waals surface area contributed by atoms with Crippen LogP contribution in [0.1, 0.15) is 16.7 Å². The number of hydrogen-bond acceptors (Lipinski definition) is 6. The molecular weight excluding hydrogens is 410 g/mol. The number of rotatable bonds is 7. The summed E-state index contributed by atoms with van der Waals surface area (Å²) < 4.78 is 7.52. The van der Waals surface area contributed by atoms with Gasteiger partial charge in [0, 0.05) is 19.6 Å². The molecule has 1 aliphatic heterocycles. The lowest BCUT2D eigenvalue weighted by Gasteiger charge is -2.28. The summed E-state index contributed by atoms with van der Waals surface area (Å²) in [6.07, 6.45) is 0. The number of amides is 1. The van der Waals surface area contributed by atoms with Gasteiger partial charge in [0.1, 0.15) is 0 Å². The van der Waals surface area contributed by atoms with Gasteiger partial charge in [-0.25, -0.2) is 0 Å². The largest absolute Gasteiger partial charge is 0.378 e. The molecule has 2 heterocycles. The van der Waals surface area contributed by atoms with Crippen LogP contribution in [0.25, 0.3) is 5.69 Å². The van der Waals surface area contributed by atoms with E-state index in [9.17, 15) is 4.79 Å². The van der Waals surface area contributed by atoms with E-state index in [-0.39, 0.29) is 11.7 Å². The van der Waals surface area contributed by atoms with Crippen molar-refractivity contribution in [2.75, 3.05) is 37.0 Å². The van der Waals surface area contributed by atoms with Crippen molar-refractivity contribution in [1.82, 2.24) is 20.1 Å². The van der Waals surface area contributed by atoms with Crippen LogP contribution in [0.3, 0.4) is 0 Å². The van der Waals surface area contributed by atoms with Crippen LogP contribution < -0.4 is 10.2 Å². The molecule has 3 aromatic rings. The number of anilines is 1. The highest BCUT2D eigenvalue weighted by Gasteiger charge is 2.22. The number of nitrogens with one attached hydrogen (secondary N) is 1. The summed E-state index contributed by atoms with van der Waals surface area (Å²) in [5.74, 6) is 1.03. The second-order valence-corrected chi connectivity index (χ2v) is 8.55. The van der Waals surface area contributed by atoms with Gasteiger partial charge in [-0.1, -0.05) is 53.7 Å². The first-order valence-corrected chi connectivity index (χ1v) is 11.4. The Bertz CT molecular complexity index is 1030. The molecule has 0 atom stereocenters. The number of aryl methyl sites for hydroxylation is 2. The normalized spacial score (nSPS) is 13.9. The van der Waals surface area contributed by atoms with Crippen molar-refractivity contribution < 1.29 is 9.53 Å². The maximum absolute atomic E-state index is 12.5. The quantitative estimate of drug-likeness (QED) is 0.573. The van der Waals surface area contributed by atoms with Crippen LogP contribution >= 0.6 is 11.8 Å². The van der Waals surface area contributed by atoms with Crippen LogP contribution in [0.5, 0.6) is 0 Å². The smallest absolute Gasteiger partial charge is 0.232 e. The Morgan fingerprint density at radius 1 is 1.06 bits per heavy atom. The number of ether oxygens (including phenoxy) is 1. The van der Waals surface area contributed by atoms with Crippen molar-refractivity contribution >= 4 is 23.6 Å². The molecule has 162 valence electrons. The summed E-state index contributed by atoms with van der Waals surface area (Å²) in [5, 5.41) is 12.6. The second kappa shape index (κ2) is 9.98. The number of carbonyl (C=O) groups excluding carboxylic acids is 1. The van der Waals surface area contributed by atoms with Crippen molar-refractivity contribution in [3.05, 3.63) is 65.2 Å². The highest BCUT2D eigenvalue weighted by atomic mass is 32.2. The van der Waals surface area contributed by atoms with Crippen molar-refractivity contribution in [3.8, 4) is 5.69 Å². The van der Waals surface area contributed by atoms with Gasteiger partial charge in [0.05, 0.1) is 24.7 Å². The van der Waals surface area contributed by atoms with Gasteiger partial charge in [-0.05, 0) is 37.1 Å². The number of benzene rings is 2. The lowest BCUT2D eigenvalue weighted by Crippen LogP contribution is -2.37. The Balaban J connectivity index is 1.47. The zero-order valence-electron chi connectivity index (χ0n) is 17.9. The summed E-state index contributed by atoms with van der Waals surface area (Å²) in [6.45, 7) is 7.51. The SMILES string of the molecule is Cc1ccc(CNC(=O)CSc2nnc(N3CCOCC3)n2-c2cccc(C)c2)cc1. The molecule has 4 rings (SSSR count). The molecular formula is C23H27N5O2S. The maximum Gasteiger partial charge on any atom is 0.232 e. The van der Waals surface area contributed by atoms with Crippen LogP contribution in [0, 0.1) is 13.8 Å². The van der Waals surface area contributed by atoms with E-state index in [2.05, 4.69) is 46.4 Å². The van der Waals surface area contributed by atoms with E-state index < -0.39 is 0 Å². The summed E-state index contributed by atoms with van der Waals surface area (Å²) in [6, 6.07) is 16.4. The molecule has 0 unspecified atom stereocenters. The number of thioether (sulfide) groups is 1. The van der Waals surface area contributed by atoms with E-state index in [1.54, 1.807) is 0 Å². The summed E-state index contributed by atoms with van der Waals surface area (Å²) >= 11 is 1.40. The standard InChI is InChI=1S/C23H27N5O2S/c1-17-6-8-19(9-7-17)15-24-21(29)16-31-23-26-25-22(27-10-12-30-13-11-27)28(23)20-5-3-4-18(2)14-20/h3-9,14H,10-13,15-16H2,1-2H3,(H,24,29). The average molecular weight is 438 g/mol. The molecule has 1 fully saturated rings. The van der Waals surface area contributed by atoms with Gasteiger partial charge < -0.3 is 15.0 Å². The zero-order chi connectivity index (χ0) is 21.6. The molecule has 31 heavy (non-hydrogen) atoms. The van der Waals surface area contributed by atoms with Crippen LogP contribution in [0.4, 0.5) is 5.95 Å². The fourth-order valence-corrected chi connectivity index (χ4v) is 4.18. The van der Waals surface area contributed by atoms with Crippen molar-refractivity contribution in [2.24, 2.45) is 0 Å². The van der Waals surface area contributed by atoms with Gasteiger partial charge in [-0.2, -0.15) is 0 Å². The minimum Gasteiger partial charge on any atom is -0.378 e. The topological polar surface area (TPSA) is 72.3 Å². The molecule has 1 saturated heterocycles. The van der Waals surface area contributed by atoms with Gasteiger partial charge >= 0.3 is 0 Å². The molecule has 0 aliphatic carbocycles. The number of nitrogens with zero attached hydrogens (tertiary/aromatic N) is 4. The molecule has 7 nitrogen and oxygen atoms in total. The Morgan fingerprint density at radius 3 is 2.58 bits per heavy atom.